The summed E-state index contributed by atoms with van der Waals surface area (Å²) in [4.78, 5) is 23.2. The minimum Gasteiger partial charge on any atom is -0.566 e. The summed E-state index contributed by atoms with van der Waals surface area (Å²) in [5, 5.41) is 0. The third kappa shape index (κ3) is 10.6. The number of nitrogens with zero attached hydrogens (tertiary/aromatic N) is 1. The van der Waals surface area contributed by atoms with Crippen LogP contribution in [0.2, 0.25) is 0 Å². The lowest BCUT2D eigenvalue weighted by Gasteiger charge is -2.29. The number of carbonyl (C=O) groups is 1. The Bertz CT molecular complexity index is 234. The second-order valence-electron chi connectivity index (χ2n) is 4.49. The smallest absolute Gasteiger partial charge is 0.488 e. The lowest BCUT2D eigenvalue weighted by molar-refractivity contribution is -0.187. The van der Waals surface area contributed by atoms with E-state index in [0.717, 1.165) is 0 Å². The molecule has 0 aromatic rings. The lowest BCUT2D eigenvalue weighted by Crippen LogP contribution is -2.43. The van der Waals surface area contributed by atoms with Crippen LogP contribution in [0.4, 0.5) is 0 Å². The molecule has 5 nitrogen and oxygen atoms in total. The first-order valence-corrected chi connectivity index (χ1v) is 7.45. The molecule has 108 valence electrons. The van der Waals surface area contributed by atoms with E-state index in [0.29, 0.717) is 0 Å². The molecular weight excluding hydrogens is 253 g/mol. The molecule has 0 spiro atoms. The van der Waals surface area contributed by atoms with Gasteiger partial charge in [0, 0.05) is 12.1 Å². The average molecular weight is 279 g/mol. The van der Waals surface area contributed by atoms with E-state index in [1.807, 2.05) is 27.7 Å². The first kappa shape index (κ1) is 19.8. The van der Waals surface area contributed by atoms with Crippen molar-refractivity contribution in [1.82, 2.24) is 4.90 Å². The lowest BCUT2D eigenvalue weighted by atomic mass is 10.2. The van der Waals surface area contributed by atoms with Crippen molar-refractivity contribution in [3.63, 3.8) is 0 Å². The van der Waals surface area contributed by atoms with Gasteiger partial charge in [-0.2, -0.15) is 0 Å². The molecule has 0 aromatic carbocycles. The monoisotopic (exact) mass is 279 g/mol. The van der Waals surface area contributed by atoms with Gasteiger partial charge in [0.15, 0.2) is 6.61 Å². The molecule has 0 heterocycles. The Morgan fingerprint density at radius 1 is 1.17 bits per heavy atom. The van der Waals surface area contributed by atoms with Crippen LogP contribution in [0.5, 0.6) is 0 Å². The van der Waals surface area contributed by atoms with Gasteiger partial charge in [-0.25, -0.2) is 0 Å². The predicted molar refractivity (Wildman–Crippen MR) is 71.3 cm³/mol. The molecule has 18 heavy (non-hydrogen) atoms. The largest absolute Gasteiger partial charge is 0.566 e. The van der Waals surface area contributed by atoms with Crippen LogP contribution >= 0.6 is 8.25 Å². The summed E-state index contributed by atoms with van der Waals surface area (Å²) in [5.74, 6) is -0.311. The van der Waals surface area contributed by atoms with E-state index in [2.05, 4.69) is 18.4 Å². The second-order valence-corrected chi connectivity index (χ2v) is 5.19. The molecular formula is C12H26NO4P. The molecule has 0 bridgehead atoms. The van der Waals surface area contributed by atoms with Gasteiger partial charge in [-0.3, -0.25) is 4.79 Å². The number of unbranched alkanes of at least 4 members (excludes halogenated alkanes) is 1. The Morgan fingerprint density at radius 3 is 1.78 bits per heavy atom. The van der Waals surface area contributed by atoms with Gasteiger partial charge in [-0.1, -0.05) is 26.7 Å². The second kappa shape index (κ2) is 11.6. The predicted octanol–water partition coefficient (Wildman–Crippen LogP) is 2.47. The third-order valence-electron chi connectivity index (χ3n) is 2.19. The molecule has 0 aliphatic heterocycles. The standard InChI is InChI=1S/C8H16NO4P.C4H10/c1-6(2)9(7(3)4)8(10)5-13-14(11)12;1-3-4-2/h6-7H,5H2,1-4H3;3-4H2,1-2H3. The highest BCUT2D eigenvalue weighted by Gasteiger charge is 2.21. The van der Waals surface area contributed by atoms with Gasteiger partial charge in [-0.15, -0.1) is 4.52 Å². The van der Waals surface area contributed by atoms with Crippen molar-refractivity contribution in [2.45, 2.75) is 66.5 Å². The molecule has 0 N–H and O–H groups in total. The molecule has 1 amide bonds. The van der Waals surface area contributed by atoms with E-state index < -0.39 is 14.9 Å². The zero-order valence-corrected chi connectivity index (χ0v) is 13.2. The number of amides is 1. The molecule has 1 atom stereocenters. The Balaban J connectivity index is 0. The highest BCUT2D eigenvalue weighted by molar-refractivity contribution is 7.30. The first-order chi connectivity index (χ1) is 8.27. The quantitative estimate of drug-likeness (QED) is 0.700. The number of hydrogen-bond acceptors (Lipinski definition) is 4. The van der Waals surface area contributed by atoms with Crippen molar-refractivity contribution in [1.29, 1.82) is 0 Å². The Morgan fingerprint density at radius 2 is 1.56 bits per heavy atom. The van der Waals surface area contributed by atoms with Gasteiger partial charge in [0.2, 0.25) is 0 Å². The number of hydrogen-bond donors (Lipinski definition) is 0. The van der Waals surface area contributed by atoms with Crippen LogP contribution in [0.1, 0.15) is 54.4 Å². The van der Waals surface area contributed by atoms with Gasteiger partial charge in [-0.05, 0) is 32.3 Å². The van der Waals surface area contributed by atoms with Crippen molar-refractivity contribution in [2.75, 3.05) is 6.61 Å². The van der Waals surface area contributed by atoms with E-state index in [1.54, 1.807) is 4.90 Å². The fourth-order valence-electron chi connectivity index (χ4n) is 1.35. The zero-order chi connectivity index (χ0) is 14.7. The third-order valence-corrected chi connectivity index (χ3v) is 2.53. The molecule has 0 rings (SSSR count). The average Bonchev–Trinajstić information content (AvgIpc) is 2.25. The molecule has 0 saturated carbocycles. The van der Waals surface area contributed by atoms with Gasteiger partial charge in [0.25, 0.3) is 5.91 Å². The minimum atomic E-state index is -2.94. The van der Waals surface area contributed by atoms with Gasteiger partial charge in [0.05, 0.1) is 0 Å². The Kier molecular flexibility index (Phi) is 12.7. The molecule has 6 heteroatoms. The number of carbonyl (C=O) groups excluding carboxylic acids is 1. The molecule has 0 aliphatic rings. The van der Waals surface area contributed by atoms with Gasteiger partial charge in [0.1, 0.15) is 0 Å². The molecule has 0 aliphatic carbocycles. The van der Waals surface area contributed by atoms with E-state index in [-0.39, 0.29) is 18.0 Å². The highest BCUT2D eigenvalue weighted by Crippen LogP contribution is 2.11. The highest BCUT2D eigenvalue weighted by atomic mass is 31.1. The van der Waals surface area contributed by atoms with Crippen LogP contribution in [0, 0.1) is 0 Å². The SMILES string of the molecule is CC(C)N(C(=O)CO[P+](=O)[O-])C(C)C.CCCC. The summed E-state index contributed by atoms with van der Waals surface area (Å²) in [5.41, 5.74) is 0. The topological polar surface area (TPSA) is 69.7 Å². The fraction of sp³-hybridized carbons (Fsp3) is 0.917. The van der Waals surface area contributed by atoms with Crippen LogP contribution in [0.3, 0.4) is 0 Å². The van der Waals surface area contributed by atoms with E-state index in [1.165, 1.54) is 12.8 Å². The summed E-state index contributed by atoms with van der Waals surface area (Å²) >= 11 is 0. The van der Waals surface area contributed by atoms with Gasteiger partial charge < -0.3 is 9.79 Å². The fourth-order valence-corrected chi connectivity index (χ4v) is 1.57. The zero-order valence-electron chi connectivity index (χ0n) is 12.3. The summed E-state index contributed by atoms with van der Waals surface area (Å²) in [6, 6.07) is 0.0752. The minimum absolute atomic E-state index is 0.0376. The number of rotatable bonds is 6. The maximum atomic E-state index is 11.5. The molecule has 0 fully saturated rings. The summed E-state index contributed by atoms with van der Waals surface area (Å²) < 4.78 is 14.4. The summed E-state index contributed by atoms with van der Waals surface area (Å²) in [7, 11) is -2.94. The summed E-state index contributed by atoms with van der Waals surface area (Å²) in [6.45, 7) is 11.4. The summed E-state index contributed by atoms with van der Waals surface area (Å²) in [6.07, 6.45) is 2.64. The molecule has 0 radical (unpaired) electrons. The normalized spacial score (nSPS) is 11.1. The van der Waals surface area contributed by atoms with Crippen LogP contribution < -0.4 is 4.89 Å². The van der Waals surface area contributed by atoms with Crippen molar-refractivity contribution in [3.8, 4) is 0 Å². The van der Waals surface area contributed by atoms with Crippen molar-refractivity contribution < 1.29 is 18.8 Å². The van der Waals surface area contributed by atoms with Crippen LogP contribution in [0.15, 0.2) is 0 Å². The maximum absolute atomic E-state index is 11.5. The van der Waals surface area contributed by atoms with Crippen LogP contribution in [-0.2, 0) is 13.9 Å². The molecule has 0 saturated heterocycles. The van der Waals surface area contributed by atoms with Gasteiger partial charge >= 0.3 is 8.25 Å². The van der Waals surface area contributed by atoms with Crippen LogP contribution in [-0.4, -0.2) is 29.5 Å². The Labute approximate surface area is 111 Å². The van der Waals surface area contributed by atoms with Crippen molar-refractivity contribution in [2.24, 2.45) is 0 Å². The Hall–Kier alpha value is -0.510. The molecule has 1 unspecified atom stereocenters. The van der Waals surface area contributed by atoms with Crippen molar-refractivity contribution >= 4 is 14.2 Å². The first-order valence-electron chi connectivity index (χ1n) is 6.36. The molecule has 0 aromatic heterocycles. The van der Waals surface area contributed by atoms with Crippen LogP contribution in [0.25, 0.3) is 0 Å². The van der Waals surface area contributed by atoms with E-state index in [4.69, 9.17) is 0 Å². The van der Waals surface area contributed by atoms with E-state index in [9.17, 15) is 14.3 Å². The van der Waals surface area contributed by atoms with E-state index >= 15 is 0 Å². The van der Waals surface area contributed by atoms with Crippen molar-refractivity contribution in [3.05, 3.63) is 0 Å². The maximum Gasteiger partial charge on any atom is 0.488 e.